The van der Waals surface area contributed by atoms with Gasteiger partial charge in [-0.05, 0) is 42.2 Å². The van der Waals surface area contributed by atoms with E-state index in [2.05, 4.69) is 16.0 Å². The normalized spacial score (nSPS) is 14.5. The molecular weight excluding hydrogens is 470 g/mol. The Labute approximate surface area is 220 Å². The molecular formula is C29H41N3O5. The standard InChI is InChI=1S/C29H41N3O5/c1-20(2)15-25(27(34)30-24(18-33)17-22-11-7-5-8-12-22)31-28(35)26(16-21(3)4)32-29(36)37-19-23-13-9-6-10-14-23/h5-14,18,20-21,24-27,30,34H,15-17,19H2,1-4H3,(H,31,35)(H,32,36)/t24?,25-,26?,27?/m0/s1. The van der Waals surface area contributed by atoms with Crippen LogP contribution in [0.3, 0.4) is 0 Å². The van der Waals surface area contributed by atoms with Crippen molar-refractivity contribution in [2.75, 3.05) is 0 Å². The van der Waals surface area contributed by atoms with Crippen molar-refractivity contribution in [3.05, 3.63) is 71.8 Å². The summed E-state index contributed by atoms with van der Waals surface area (Å²) in [5, 5.41) is 19.4. The molecule has 2 rings (SSSR count). The predicted molar refractivity (Wildman–Crippen MR) is 144 cm³/mol. The van der Waals surface area contributed by atoms with Gasteiger partial charge in [-0.25, -0.2) is 4.79 Å². The van der Waals surface area contributed by atoms with Crippen LogP contribution in [0, 0.1) is 11.8 Å². The average molecular weight is 512 g/mol. The Bertz CT molecular complexity index is 953. The molecule has 0 saturated heterocycles. The molecule has 2 aromatic rings. The number of rotatable bonds is 15. The van der Waals surface area contributed by atoms with Gasteiger partial charge in [0, 0.05) is 0 Å². The third kappa shape index (κ3) is 11.6. The van der Waals surface area contributed by atoms with Gasteiger partial charge in [-0.3, -0.25) is 10.1 Å². The second kappa shape index (κ2) is 15.8. The summed E-state index contributed by atoms with van der Waals surface area (Å²) in [6.45, 7) is 7.97. The molecule has 0 aliphatic rings. The number of carbonyl (C=O) groups is 3. The number of alkyl carbamates (subject to hydrolysis) is 1. The molecule has 8 nitrogen and oxygen atoms in total. The molecule has 8 heteroatoms. The quantitative estimate of drug-likeness (QED) is 0.215. The fourth-order valence-corrected chi connectivity index (χ4v) is 4.02. The van der Waals surface area contributed by atoms with Crippen LogP contribution in [0.15, 0.2) is 60.7 Å². The molecule has 0 bridgehead atoms. The number of amides is 2. The number of nitrogens with one attached hydrogen (secondary N) is 3. The van der Waals surface area contributed by atoms with Gasteiger partial charge in [0.25, 0.3) is 0 Å². The fourth-order valence-electron chi connectivity index (χ4n) is 4.02. The SMILES string of the molecule is CC(C)CC(NC(=O)OCc1ccccc1)C(=O)N[C@@H](CC(C)C)C(O)NC(C=O)Cc1ccccc1. The van der Waals surface area contributed by atoms with Gasteiger partial charge in [-0.15, -0.1) is 0 Å². The monoisotopic (exact) mass is 511 g/mol. The van der Waals surface area contributed by atoms with E-state index in [4.69, 9.17) is 4.74 Å². The minimum Gasteiger partial charge on any atom is -0.445 e. The first-order chi connectivity index (χ1) is 17.7. The Kier molecular flexibility index (Phi) is 12.8. The van der Waals surface area contributed by atoms with Gasteiger partial charge in [-0.2, -0.15) is 0 Å². The largest absolute Gasteiger partial charge is 0.445 e. The Morgan fingerprint density at radius 3 is 1.97 bits per heavy atom. The Hall–Kier alpha value is -3.23. The van der Waals surface area contributed by atoms with Crippen molar-refractivity contribution in [2.24, 2.45) is 11.8 Å². The molecule has 37 heavy (non-hydrogen) atoms. The summed E-state index contributed by atoms with van der Waals surface area (Å²) in [5.74, 6) is -0.123. The van der Waals surface area contributed by atoms with E-state index in [9.17, 15) is 19.5 Å². The highest BCUT2D eigenvalue weighted by Crippen LogP contribution is 2.12. The summed E-state index contributed by atoms with van der Waals surface area (Å²) in [4.78, 5) is 37.4. The third-order valence-corrected chi connectivity index (χ3v) is 5.81. The number of benzene rings is 2. The molecule has 0 spiro atoms. The number of aliphatic hydroxyl groups is 1. The summed E-state index contributed by atoms with van der Waals surface area (Å²) >= 11 is 0. The lowest BCUT2D eigenvalue weighted by Gasteiger charge is -2.30. The first-order valence-corrected chi connectivity index (χ1v) is 12.9. The lowest BCUT2D eigenvalue weighted by Crippen LogP contribution is -2.57. The number of aliphatic hydroxyl groups excluding tert-OH is 1. The van der Waals surface area contributed by atoms with Crippen molar-refractivity contribution in [2.45, 2.75) is 77.9 Å². The van der Waals surface area contributed by atoms with Gasteiger partial charge < -0.3 is 25.3 Å². The molecule has 0 aliphatic heterocycles. The van der Waals surface area contributed by atoms with E-state index in [1.807, 2.05) is 88.4 Å². The smallest absolute Gasteiger partial charge is 0.408 e. The molecule has 3 unspecified atom stereocenters. The van der Waals surface area contributed by atoms with Crippen LogP contribution in [0.4, 0.5) is 4.79 Å². The van der Waals surface area contributed by atoms with Crippen molar-refractivity contribution in [3.63, 3.8) is 0 Å². The zero-order chi connectivity index (χ0) is 27.2. The summed E-state index contributed by atoms with van der Waals surface area (Å²) in [6, 6.07) is 16.7. The molecule has 0 fully saturated rings. The second-order valence-corrected chi connectivity index (χ2v) is 10.2. The van der Waals surface area contributed by atoms with Gasteiger partial charge in [-0.1, -0.05) is 88.4 Å². The molecule has 0 aromatic heterocycles. The van der Waals surface area contributed by atoms with Gasteiger partial charge in [0.15, 0.2) is 0 Å². The molecule has 0 heterocycles. The van der Waals surface area contributed by atoms with Crippen molar-refractivity contribution in [1.29, 1.82) is 0 Å². The average Bonchev–Trinajstić information content (AvgIpc) is 2.86. The van der Waals surface area contributed by atoms with Crippen LogP contribution < -0.4 is 16.0 Å². The minimum atomic E-state index is -1.16. The summed E-state index contributed by atoms with van der Waals surface area (Å²) in [5.41, 5.74) is 1.80. The van der Waals surface area contributed by atoms with E-state index < -0.39 is 36.4 Å². The molecule has 2 amide bonds. The first kappa shape index (κ1) is 30.0. The maximum atomic E-state index is 13.2. The Morgan fingerprint density at radius 1 is 0.865 bits per heavy atom. The molecule has 202 valence electrons. The minimum absolute atomic E-state index is 0.0931. The van der Waals surface area contributed by atoms with Crippen LogP contribution in [-0.4, -0.2) is 47.7 Å². The number of hydrogen-bond donors (Lipinski definition) is 4. The number of hydrogen-bond acceptors (Lipinski definition) is 6. The topological polar surface area (TPSA) is 117 Å². The van der Waals surface area contributed by atoms with Crippen LogP contribution in [0.5, 0.6) is 0 Å². The van der Waals surface area contributed by atoms with E-state index in [0.29, 0.717) is 19.3 Å². The first-order valence-electron chi connectivity index (χ1n) is 12.9. The lowest BCUT2D eigenvalue weighted by molar-refractivity contribution is -0.125. The van der Waals surface area contributed by atoms with E-state index >= 15 is 0 Å². The highest BCUT2D eigenvalue weighted by molar-refractivity contribution is 5.85. The van der Waals surface area contributed by atoms with Crippen LogP contribution in [0.25, 0.3) is 0 Å². The molecule has 2 aromatic carbocycles. The van der Waals surface area contributed by atoms with Gasteiger partial charge >= 0.3 is 6.09 Å². The maximum absolute atomic E-state index is 13.2. The fraction of sp³-hybridized carbons (Fsp3) is 0.483. The van der Waals surface area contributed by atoms with Crippen molar-refractivity contribution >= 4 is 18.3 Å². The van der Waals surface area contributed by atoms with Gasteiger partial charge in [0.05, 0.1) is 12.1 Å². The molecule has 4 N–H and O–H groups in total. The zero-order valence-corrected chi connectivity index (χ0v) is 22.2. The summed E-state index contributed by atoms with van der Waals surface area (Å²) < 4.78 is 5.30. The number of ether oxygens (including phenoxy) is 1. The molecule has 0 saturated carbocycles. The van der Waals surface area contributed by atoms with Gasteiger partial charge in [0.2, 0.25) is 5.91 Å². The van der Waals surface area contributed by atoms with Crippen LogP contribution in [0.2, 0.25) is 0 Å². The second-order valence-electron chi connectivity index (χ2n) is 10.2. The van der Waals surface area contributed by atoms with E-state index in [1.165, 1.54) is 0 Å². The summed E-state index contributed by atoms with van der Waals surface area (Å²) in [6.07, 6.45) is 0.201. The highest BCUT2D eigenvalue weighted by Gasteiger charge is 2.29. The van der Waals surface area contributed by atoms with Gasteiger partial charge in [0.1, 0.15) is 25.2 Å². The maximum Gasteiger partial charge on any atom is 0.408 e. The number of carbonyl (C=O) groups excluding carboxylic acids is 3. The van der Waals surface area contributed by atoms with E-state index in [1.54, 1.807) is 0 Å². The van der Waals surface area contributed by atoms with Crippen molar-refractivity contribution in [3.8, 4) is 0 Å². The van der Waals surface area contributed by atoms with Crippen molar-refractivity contribution in [1.82, 2.24) is 16.0 Å². The van der Waals surface area contributed by atoms with Crippen LogP contribution >= 0.6 is 0 Å². The molecule has 0 radical (unpaired) electrons. The molecule has 4 atom stereocenters. The zero-order valence-electron chi connectivity index (χ0n) is 22.2. The Morgan fingerprint density at radius 2 is 1.43 bits per heavy atom. The Balaban J connectivity index is 2.03. The van der Waals surface area contributed by atoms with E-state index in [0.717, 1.165) is 17.4 Å². The van der Waals surface area contributed by atoms with Crippen molar-refractivity contribution < 1.29 is 24.2 Å². The number of aldehydes is 1. The molecule has 0 aliphatic carbocycles. The lowest BCUT2D eigenvalue weighted by atomic mass is 9.99. The van der Waals surface area contributed by atoms with Crippen LogP contribution in [-0.2, 0) is 27.4 Å². The van der Waals surface area contributed by atoms with E-state index in [-0.39, 0.29) is 18.4 Å². The van der Waals surface area contributed by atoms with Crippen LogP contribution in [0.1, 0.15) is 51.7 Å². The third-order valence-electron chi connectivity index (χ3n) is 5.81. The highest BCUT2D eigenvalue weighted by atomic mass is 16.5. The predicted octanol–water partition coefficient (Wildman–Crippen LogP) is 3.58. The summed E-state index contributed by atoms with van der Waals surface area (Å²) in [7, 11) is 0.